The van der Waals surface area contributed by atoms with Gasteiger partial charge in [0, 0.05) is 11.1 Å². The number of aliphatic carboxylic acids is 1. The van der Waals surface area contributed by atoms with E-state index in [1.54, 1.807) is 10.9 Å². The van der Waals surface area contributed by atoms with E-state index in [9.17, 15) is 4.79 Å². The van der Waals surface area contributed by atoms with Gasteiger partial charge in [0.2, 0.25) is 0 Å². The van der Waals surface area contributed by atoms with Crippen molar-refractivity contribution in [3.05, 3.63) is 72.4 Å². The first-order chi connectivity index (χ1) is 10.3. The first-order valence-electron chi connectivity index (χ1n) is 6.65. The Morgan fingerprint density at radius 3 is 2.24 bits per heavy atom. The number of hydrogen-bond donors (Lipinski definition) is 1. The minimum absolute atomic E-state index is 0.0446. The van der Waals surface area contributed by atoms with Crippen molar-refractivity contribution in [1.29, 1.82) is 0 Å². The molecule has 0 radical (unpaired) electrons. The number of carbonyl (C=O) groups is 1. The largest absolute Gasteiger partial charge is 0.481 e. The summed E-state index contributed by atoms with van der Waals surface area (Å²) in [5.74, 6) is -0.861. The van der Waals surface area contributed by atoms with Gasteiger partial charge < -0.3 is 5.11 Å². The van der Waals surface area contributed by atoms with Crippen molar-refractivity contribution in [3.63, 3.8) is 0 Å². The highest BCUT2D eigenvalue weighted by Gasteiger charge is 2.16. The van der Waals surface area contributed by atoms with E-state index >= 15 is 0 Å². The van der Waals surface area contributed by atoms with E-state index in [-0.39, 0.29) is 6.42 Å². The lowest BCUT2D eigenvalue weighted by Crippen LogP contribution is -2.03. The number of carboxylic acid groups (broad SMARTS) is 1. The van der Waals surface area contributed by atoms with E-state index in [0.717, 1.165) is 16.9 Å². The lowest BCUT2D eigenvalue weighted by atomic mass is 10.1. The monoisotopic (exact) mass is 278 g/mol. The van der Waals surface area contributed by atoms with Crippen LogP contribution in [0.5, 0.6) is 0 Å². The number of hydrogen-bond acceptors (Lipinski definition) is 2. The predicted molar refractivity (Wildman–Crippen MR) is 80.3 cm³/mol. The van der Waals surface area contributed by atoms with Crippen molar-refractivity contribution in [2.75, 3.05) is 0 Å². The zero-order valence-corrected chi connectivity index (χ0v) is 11.3. The summed E-state index contributed by atoms with van der Waals surface area (Å²) in [5.41, 5.74) is 3.39. The van der Waals surface area contributed by atoms with E-state index in [1.807, 2.05) is 60.7 Å². The third kappa shape index (κ3) is 2.69. The molecule has 3 aromatic rings. The fourth-order valence-electron chi connectivity index (χ4n) is 2.34. The molecule has 0 saturated carbocycles. The van der Waals surface area contributed by atoms with E-state index in [1.165, 1.54) is 0 Å². The van der Waals surface area contributed by atoms with Gasteiger partial charge in [-0.05, 0) is 12.1 Å². The standard InChI is InChI=1S/C17H14N2O2/c20-16(21)11-14-12-18-19(15-9-5-2-6-10-15)17(14)13-7-3-1-4-8-13/h1-10,12H,11H2,(H,20,21). The summed E-state index contributed by atoms with van der Waals surface area (Å²) in [6.45, 7) is 0. The first kappa shape index (κ1) is 13.1. The Bertz CT molecular complexity index is 749. The normalized spacial score (nSPS) is 10.5. The number of rotatable bonds is 4. The number of nitrogens with zero attached hydrogens (tertiary/aromatic N) is 2. The molecule has 0 fully saturated rings. The minimum Gasteiger partial charge on any atom is -0.481 e. The molecule has 0 atom stereocenters. The molecule has 2 aromatic carbocycles. The Hall–Kier alpha value is -2.88. The van der Waals surface area contributed by atoms with Crippen molar-refractivity contribution in [2.45, 2.75) is 6.42 Å². The highest BCUT2D eigenvalue weighted by molar-refractivity contribution is 5.75. The third-order valence-electron chi connectivity index (χ3n) is 3.23. The highest BCUT2D eigenvalue weighted by Crippen LogP contribution is 2.26. The third-order valence-corrected chi connectivity index (χ3v) is 3.23. The average Bonchev–Trinajstić information content (AvgIpc) is 2.92. The van der Waals surface area contributed by atoms with Crippen LogP contribution in [0.15, 0.2) is 66.9 Å². The molecule has 0 unspecified atom stereocenters. The molecular weight excluding hydrogens is 264 g/mol. The molecule has 0 spiro atoms. The lowest BCUT2D eigenvalue weighted by molar-refractivity contribution is -0.136. The number of benzene rings is 2. The van der Waals surface area contributed by atoms with Crippen molar-refractivity contribution >= 4 is 5.97 Å². The summed E-state index contributed by atoms with van der Waals surface area (Å²) in [7, 11) is 0. The average molecular weight is 278 g/mol. The molecule has 0 saturated heterocycles. The molecule has 4 nitrogen and oxygen atoms in total. The summed E-state index contributed by atoms with van der Waals surface area (Å²) in [6, 6.07) is 19.4. The van der Waals surface area contributed by atoms with Crippen molar-refractivity contribution in [3.8, 4) is 16.9 Å². The fraction of sp³-hybridized carbons (Fsp3) is 0.0588. The second kappa shape index (κ2) is 5.63. The zero-order chi connectivity index (χ0) is 14.7. The van der Waals surface area contributed by atoms with Gasteiger partial charge in [-0.2, -0.15) is 5.10 Å². The van der Waals surface area contributed by atoms with Crippen LogP contribution in [0.25, 0.3) is 16.9 Å². The van der Waals surface area contributed by atoms with E-state index in [0.29, 0.717) is 5.56 Å². The van der Waals surface area contributed by atoms with Crippen molar-refractivity contribution < 1.29 is 9.90 Å². The maximum Gasteiger partial charge on any atom is 0.307 e. The van der Waals surface area contributed by atoms with Gasteiger partial charge in [0.05, 0.1) is 24.0 Å². The minimum atomic E-state index is -0.861. The van der Waals surface area contributed by atoms with Gasteiger partial charge in [0.25, 0.3) is 0 Å². The van der Waals surface area contributed by atoms with E-state index < -0.39 is 5.97 Å². The Labute approximate surface area is 122 Å². The predicted octanol–water partition coefficient (Wildman–Crippen LogP) is 3.17. The quantitative estimate of drug-likeness (QED) is 0.797. The van der Waals surface area contributed by atoms with Crippen LogP contribution in [-0.4, -0.2) is 20.9 Å². The van der Waals surface area contributed by atoms with Crippen LogP contribution < -0.4 is 0 Å². The Morgan fingerprint density at radius 1 is 1.00 bits per heavy atom. The molecule has 0 aliphatic heterocycles. The van der Waals surface area contributed by atoms with Gasteiger partial charge in [0.15, 0.2) is 0 Å². The SMILES string of the molecule is O=C(O)Cc1cnn(-c2ccccc2)c1-c1ccccc1. The lowest BCUT2D eigenvalue weighted by Gasteiger charge is -2.09. The number of para-hydroxylation sites is 1. The van der Waals surface area contributed by atoms with Crippen LogP contribution in [0.1, 0.15) is 5.56 Å². The molecule has 0 aliphatic carbocycles. The van der Waals surface area contributed by atoms with Gasteiger partial charge in [0.1, 0.15) is 0 Å². The summed E-state index contributed by atoms with van der Waals surface area (Å²) >= 11 is 0. The summed E-state index contributed by atoms with van der Waals surface area (Å²) in [4.78, 5) is 11.1. The maximum atomic E-state index is 11.1. The van der Waals surface area contributed by atoms with Crippen LogP contribution >= 0.6 is 0 Å². The van der Waals surface area contributed by atoms with Gasteiger partial charge in [-0.25, -0.2) is 4.68 Å². The van der Waals surface area contributed by atoms with Gasteiger partial charge in [-0.1, -0.05) is 48.5 Å². The summed E-state index contributed by atoms with van der Waals surface area (Å²) < 4.78 is 1.79. The second-order valence-corrected chi connectivity index (χ2v) is 4.70. The molecule has 3 rings (SSSR count). The molecule has 0 bridgehead atoms. The molecule has 4 heteroatoms. The van der Waals surface area contributed by atoms with Crippen LogP contribution in [0.4, 0.5) is 0 Å². The molecule has 104 valence electrons. The zero-order valence-electron chi connectivity index (χ0n) is 11.3. The van der Waals surface area contributed by atoms with Gasteiger partial charge in [-0.3, -0.25) is 4.79 Å². The van der Waals surface area contributed by atoms with Gasteiger partial charge >= 0.3 is 5.97 Å². The summed E-state index contributed by atoms with van der Waals surface area (Å²) in [5, 5.41) is 13.5. The topological polar surface area (TPSA) is 55.1 Å². The smallest absolute Gasteiger partial charge is 0.307 e. The van der Waals surface area contributed by atoms with Crippen molar-refractivity contribution in [1.82, 2.24) is 9.78 Å². The fourth-order valence-corrected chi connectivity index (χ4v) is 2.34. The Balaban J connectivity index is 2.18. The number of carboxylic acids is 1. The van der Waals surface area contributed by atoms with Crippen molar-refractivity contribution in [2.24, 2.45) is 0 Å². The molecule has 0 aliphatic rings. The Kier molecular flexibility index (Phi) is 3.51. The maximum absolute atomic E-state index is 11.1. The van der Waals surface area contributed by atoms with Gasteiger partial charge in [-0.15, -0.1) is 0 Å². The highest BCUT2D eigenvalue weighted by atomic mass is 16.4. The summed E-state index contributed by atoms with van der Waals surface area (Å²) in [6.07, 6.45) is 1.58. The van der Waals surface area contributed by atoms with Crippen LogP contribution in [-0.2, 0) is 11.2 Å². The first-order valence-corrected chi connectivity index (χ1v) is 6.65. The van der Waals surface area contributed by atoms with E-state index in [4.69, 9.17) is 5.11 Å². The number of aromatic nitrogens is 2. The molecule has 0 amide bonds. The van der Waals surface area contributed by atoms with Crippen LogP contribution in [0.3, 0.4) is 0 Å². The molecule has 1 aromatic heterocycles. The molecular formula is C17H14N2O2. The van der Waals surface area contributed by atoms with E-state index in [2.05, 4.69) is 5.10 Å². The second-order valence-electron chi connectivity index (χ2n) is 4.70. The molecule has 1 heterocycles. The van der Waals surface area contributed by atoms with Crippen LogP contribution in [0, 0.1) is 0 Å². The Morgan fingerprint density at radius 2 is 1.62 bits per heavy atom. The molecule has 1 N–H and O–H groups in total. The molecule has 21 heavy (non-hydrogen) atoms. The van der Waals surface area contributed by atoms with Crippen LogP contribution in [0.2, 0.25) is 0 Å².